The van der Waals surface area contributed by atoms with E-state index in [9.17, 15) is 9.59 Å². The summed E-state index contributed by atoms with van der Waals surface area (Å²) in [6.07, 6.45) is 3.59. The fourth-order valence-electron chi connectivity index (χ4n) is 2.57. The number of methoxy groups -OCH3 is 1. The van der Waals surface area contributed by atoms with Crippen LogP contribution in [-0.4, -0.2) is 36.5 Å². The molecule has 0 aromatic rings. The van der Waals surface area contributed by atoms with Gasteiger partial charge in [0.1, 0.15) is 11.5 Å². The topological polar surface area (TPSA) is 70.4 Å². The Balaban J connectivity index is 2.14. The Kier molecular flexibility index (Phi) is 3.05. The zero-order chi connectivity index (χ0) is 12.5. The van der Waals surface area contributed by atoms with E-state index in [-0.39, 0.29) is 11.9 Å². The second-order valence-corrected chi connectivity index (χ2v) is 4.73. The highest BCUT2D eigenvalue weighted by molar-refractivity contribution is 5.91. The Bertz CT molecular complexity index is 382. The molecule has 1 amide bonds. The molecule has 5 heteroatoms. The van der Waals surface area contributed by atoms with Crippen LogP contribution in [0.2, 0.25) is 0 Å². The van der Waals surface area contributed by atoms with E-state index in [2.05, 4.69) is 6.07 Å². The Labute approximate surface area is 100 Å². The second kappa shape index (κ2) is 4.36. The molecule has 1 aliphatic carbocycles. The van der Waals surface area contributed by atoms with Gasteiger partial charge in [-0.3, -0.25) is 4.79 Å². The van der Waals surface area contributed by atoms with Crippen LogP contribution in [-0.2, 0) is 14.3 Å². The second-order valence-electron chi connectivity index (χ2n) is 4.73. The van der Waals surface area contributed by atoms with Gasteiger partial charge < -0.3 is 9.64 Å². The first-order valence-corrected chi connectivity index (χ1v) is 5.95. The molecule has 1 saturated carbocycles. The van der Waals surface area contributed by atoms with E-state index in [1.807, 2.05) is 0 Å². The van der Waals surface area contributed by atoms with Gasteiger partial charge in [0, 0.05) is 6.54 Å². The molecule has 1 unspecified atom stereocenters. The highest BCUT2D eigenvalue weighted by Crippen LogP contribution is 2.43. The first-order valence-electron chi connectivity index (χ1n) is 5.95. The SMILES string of the molecule is COC(=O)C1CCCN1C(=O)C1(C#N)CCC1. The van der Waals surface area contributed by atoms with Crippen LogP contribution in [0.15, 0.2) is 0 Å². The number of carbonyl (C=O) groups is 2. The minimum absolute atomic E-state index is 0.181. The highest BCUT2D eigenvalue weighted by atomic mass is 16.5. The third-order valence-corrected chi connectivity index (χ3v) is 3.82. The van der Waals surface area contributed by atoms with Crippen LogP contribution in [0.3, 0.4) is 0 Å². The summed E-state index contributed by atoms with van der Waals surface area (Å²) in [6.45, 7) is 0.558. The molecule has 2 fully saturated rings. The highest BCUT2D eigenvalue weighted by Gasteiger charge is 2.50. The van der Waals surface area contributed by atoms with Crippen molar-refractivity contribution in [2.45, 2.75) is 38.1 Å². The summed E-state index contributed by atoms with van der Waals surface area (Å²) in [4.78, 5) is 25.4. The molecule has 0 radical (unpaired) electrons. The Morgan fingerprint density at radius 2 is 2.12 bits per heavy atom. The summed E-state index contributed by atoms with van der Waals surface area (Å²) in [5.74, 6) is -0.553. The van der Waals surface area contributed by atoms with Gasteiger partial charge in [0.05, 0.1) is 13.2 Å². The smallest absolute Gasteiger partial charge is 0.328 e. The minimum atomic E-state index is -0.864. The van der Waals surface area contributed by atoms with E-state index in [0.29, 0.717) is 25.8 Å². The lowest BCUT2D eigenvalue weighted by Crippen LogP contribution is -2.51. The van der Waals surface area contributed by atoms with E-state index in [4.69, 9.17) is 10.00 Å². The first-order chi connectivity index (χ1) is 8.14. The first kappa shape index (κ1) is 11.9. The average molecular weight is 236 g/mol. The zero-order valence-corrected chi connectivity index (χ0v) is 9.94. The van der Waals surface area contributed by atoms with Crippen LogP contribution in [0.4, 0.5) is 0 Å². The third kappa shape index (κ3) is 1.78. The van der Waals surface area contributed by atoms with Crippen molar-refractivity contribution in [1.82, 2.24) is 4.90 Å². The number of esters is 1. The fraction of sp³-hybridized carbons (Fsp3) is 0.750. The molecule has 1 atom stereocenters. The predicted octanol–water partition coefficient (Wildman–Crippen LogP) is 0.844. The summed E-state index contributed by atoms with van der Waals surface area (Å²) in [7, 11) is 1.33. The lowest BCUT2D eigenvalue weighted by molar-refractivity contribution is -0.155. The molecule has 5 nitrogen and oxygen atoms in total. The molecule has 0 aromatic heterocycles. The maximum Gasteiger partial charge on any atom is 0.328 e. The summed E-state index contributed by atoms with van der Waals surface area (Å²) in [5, 5.41) is 9.14. The normalized spacial score (nSPS) is 25.9. The van der Waals surface area contributed by atoms with Gasteiger partial charge in [-0.2, -0.15) is 5.26 Å². The maximum absolute atomic E-state index is 12.3. The quantitative estimate of drug-likeness (QED) is 0.666. The molecule has 0 N–H and O–H groups in total. The van der Waals surface area contributed by atoms with Crippen molar-refractivity contribution in [2.24, 2.45) is 5.41 Å². The molecule has 1 saturated heterocycles. The van der Waals surface area contributed by atoms with E-state index in [0.717, 1.165) is 12.8 Å². The van der Waals surface area contributed by atoms with Gasteiger partial charge >= 0.3 is 5.97 Å². The van der Waals surface area contributed by atoms with Crippen LogP contribution in [0, 0.1) is 16.7 Å². The number of hydrogen-bond acceptors (Lipinski definition) is 4. The molecule has 1 aliphatic heterocycles. The average Bonchev–Trinajstić information content (AvgIpc) is 2.75. The molecular formula is C12H16N2O3. The van der Waals surface area contributed by atoms with Crippen LogP contribution in [0.5, 0.6) is 0 Å². The van der Waals surface area contributed by atoms with E-state index in [1.165, 1.54) is 12.0 Å². The van der Waals surface area contributed by atoms with Crippen LogP contribution < -0.4 is 0 Å². The van der Waals surface area contributed by atoms with Gasteiger partial charge in [0.25, 0.3) is 0 Å². The molecule has 1 heterocycles. The van der Waals surface area contributed by atoms with Gasteiger partial charge in [0.15, 0.2) is 0 Å². The van der Waals surface area contributed by atoms with Gasteiger partial charge in [-0.25, -0.2) is 4.79 Å². The molecule has 0 spiro atoms. The van der Waals surface area contributed by atoms with Gasteiger partial charge in [0.2, 0.25) is 5.91 Å². The summed E-state index contributed by atoms with van der Waals surface area (Å²) in [5.41, 5.74) is -0.864. The molecule has 0 aromatic carbocycles. The van der Waals surface area contributed by atoms with Crippen molar-refractivity contribution in [3.8, 4) is 6.07 Å². The van der Waals surface area contributed by atoms with Crippen molar-refractivity contribution in [3.63, 3.8) is 0 Å². The minimum Gasteiger partial charge on any atom is -0.467 e. The largest absolute Gasteiger partial charge is 0.467 e. The van der Waals surface area contributed by atoms with E-state index in [1.54, 1.807) is 0 Å². The number of hydrogen-bond donors (Lipinski definition) is 0. The van der Waals surface area contributed by atoms with Crippen molar-refractivity contribution in [2.75, 3.05) is 13.7 Å². The number of likely N-dealkylation sites (tertiary alicyclic amines) is 1. The van der Waals surface area contributed by atoms with Crippen molar-refractivity contribution in [1.29, 1.82) is 5.26 Å². The van der Waals surface area contributed by atoms with Crippen LogP contribution >= 0.6 is 0 Å². The fourth-order valence-corrected chi connectivity index (χ4v) is 2.57. The van der Waals surface area contributed by atoms with Crippen LogP contribution in [0.25, 0.3) is 0 Å². The Morgan fingerprint density at radius 1 is 1.41 bits per heavy atom. The number of carbonyl (C=O) groups excluding carboxylic acids is 2. The zero-order valence-electron chi connectivity index (χ0n) is 9.94. The number of nitrogens with zero attached hydrogens (tertiary/aromatic N) is 2. The monoisotopic (exact) mass is 236 g/mol. The molecule has 17 heavy (non-hydrogen) atoms. The lowest BCUT2D eigenvalue weighted by atomic mass is 9.69. The van der Waals surface area contributed by atoms with Gasteiger partial charge in [-0.1, -0.05) is 0 Å². The predicted molar refractivity (Wildman–Crippen MR) is 58.6 cm³/mol. The van der Waals surface area contributed by atoms with E-state index < -0.39 is 11.5 Å². The molecular weight excluding hydrogens is 220 g/mol. The van der Waals surface area contributed by atoms with Crippen molar-refractivity contribution in [3.05, 3.63) is 0 Å². The Morgan fingerprint density at radius 3 is 2.59 bits per heavy atom. The van der Waals surface area contributed by atoms with Gasteiger partial charge in [-0.15, -0.1) is 0 Å². The number of nitriles is 1. The standard InChI is InChI=1S/C12H16N2O3/c1-17-10(15)9-4-2-7-14(9)11(16)12(8-13)5-3-6-12/h9H,2-7H2,1H3. The number of amides is 1. The molecule has 92 valence electrons. The summed E-state index contributed by atoms with van der Waals surface area (Å²) >= 11 is 0. The molecule has 0 bridgehead atoms. The third-order valence-electron chi connectivity index (χ3n) is 3.82. The Hall–Kier alpha value is -1.57. The van der Waals surface area contributed by atoms with Crippen LogP contribution in [0.1, 0.15) is 32.1 Å². The summed E-state index contributed by atoms with van der Waals surface area (Å²) < 4.78 is 4.70. The van der Waals surface area contributed by atoms with E-state index >= 15 is 0 Å². The number of rotatable bonds is 2. The molecule has 2 aliphatic rings. The molecule has 2 rings (SSSR count). The number of ether oxygens (including phenoxy) is 1. The van der Waals surface area contributed by atoms with Crippen molar-refractivity contribution < 1.29 is 14.3 Å². The van der Waals surface area contributed by atoms with Crippen molar-refractivity contribution >= 4 is 11.9 Å². The maximum atomic E-state index is 12.3. The lowest BCUT2D eigenvalue weighted by Gasteiger charge is -2.38. The van der Waals surface area contributed by atoms with Gasteiger partial charge in [-0.05, 0) is 32.1 Å². The summed E-state index contributed by atoms with van der Waals surface area (Å²) in [6, 6.07) is 1.64.